The van der Waals surface area contributed by atoms with Gasteiger partial charge in [-0.05, 0) is 25.3 Å². The molecule has 0 saturated carbocycles. The van der Waals surface area contributed by atoms with Crippen LogP contribution in [0.2, 0.25) is 0 Å². The molecule has 90 valence electrons. The van der Waals surface area contributed by atoms with E-state index in [2.05, 4.69) is 53.4 Å². The van der Waals surface area contributed by atoms with Gasteiger partial charge in [-0.3, -0.25) is 0 Å². The molecule has 0 N–H and O–H groups in total. The van der Waals surface area contributed by atoms with E-state index in [1.165, 1.54) is 32.5 Å². The topological polar surface area (TPSA) is 3.24 Å². The fraction of sp³-hybridized carbons (Fsp3) is 1.00. The van der Waals surface area contributed by atoms with Crippen LogP contribution in [0.1, 0.15) is 33.6 Å². The normalized spacial score (nSPS) is 30.4. The fourth-order valence-corrected chi connectivity index (χ4v) is 4.37. The number of alkyl halides is 1. The Morgan fingerprint density at radius 1 is 1.27 bits per heavy atom. The molecule has 0 radical (unpaired) electrons. The highest BCUT2D eigenvalue weighted by Gasteiger charge is 2.21. The van der Waals surface area contributed by atoms with Crippen LogP contribution in [0, 0.1) is 5.92 Å². The third-order valence-electron chi connectivity index (χ3n) is 3.04. The van der Waals surface area contributed by atoms with Crippen molar-refractivity contribution in [3.63, 3.8) is 0 Å². The molecule has 0 spiro atoms. The predicted octanol–water partition coefficient (Wildman–Crippen LogP) is 3.62. The Morgan fingerprint density at radius 3 is 2.40 bits per heavy atom. The van der Waals surface area contributed by atoms with Crippen LogP contribution in [0.25, 0.3) is 0 Å². The lowest BCUT2D eigenvalue weighted by Crippen LogP contribution is -2.41. The van der Waals surface area contributed by atoms with Crippen molar-refractivity contribution < 1.29 is 0 Å². The zero-order chi connectivity index (χ0) is 11.3. The smallest absolute Gasteiger partial charge is 0.0149 e. The van der Waals surface area contributed by atoms with E-state index in [0.717, 1.165) is 21.7 Å². The molecular weight excluding hydrogens is 270 g/mol. The zero-order valence-electron chi connectivity index (χ0n) is 10.2. The first-order valence-corrected chi connectivity index (χ1v) is 8.12. The highest BCUT2D eigenvalue weighted by Crippen LogP contribution is 2.25. The minimum Gasteiger partial charge on any atom is -0.301 e. The van der Waals surface area contributed by atoms with Gasteiger partial charge in [-0.15, -0.1) is 0 Å². The van der Waals surface area contributed by atoms with Gasteiger partial charge in [-0.2, -0.15) is 11.8 Å². The van der Waals surface area contributed by atoms with Crippen LogP contribution in [0.5, 0.6) is 0 Å². The molecule has 1 heterocycles. The summed E-state index contributed by atoms with van der Waals surface area (Å²) in [5, 5.41) is 2.79. The molecule has 0 aromatic carbocycles. The van der Waals surface area contributed by atoms with Gasteiger partial charge < -0.3 is 4.90 Å². The van der Waals surface area contributed by atoms with E-state index in [1.807, 2.05) is 0 Å². The highest BCUT2D eigenvalue weighted by atomic mass is 79.9. The Bertz CT molecular complexity index is 167. The summed E-state index contributed by atoms with van der Waals surface area (Å²) in [5.41, 5.74) is 0. The molecule has 0 bridgehead atoms. The van der Waals surface area contributed by atoms with Crippen LogP contribution in [-0.2, 0) is 0 Å². The summed E-state index contributed by atoms with van der Waals surface area (Å²) in [6, 6.07) is 0. The van der Waals surface area contributed by atoms with Crippen molar-refractivity contribution >= 4 is 27.7 Å². The molecule has 1 fully saturated rings. The van der Waals surface area contributed by atoms with E-state index in [-0.39, 0.29) is 0 Å². The van der Waals surface area contributed by atoms with E-state index >= 15 is 0 Å². The number of thioether (sulfide) groups is 1. The lowest BCUT2D eigenvalue weighted by Gasteiger charge is -2.35. The molecule has 3 heteroatoms. The molecule has 1 saturated heterocycles. The maximum Gasteiger partial charge on any atom is 0.0149 e. The van der Waals surface area contributed by atoms with Crippen molar-refractivity contribution in [3.05, 3.63) is 0 Å². The van der Waals surface area contributed by atoms with Crippen molar-refractivity contribution in [1.82, 2.24) is 4.90 Å². The minimum absolute atomic E-state index is 0.820. The van der Waals surface area contributed by atoms with Gasteiger partial charge in [0.25, 0.3) is 0 Å². The molecule has 0 aromatic rings. The van der Waals surface area contributed by atoms with Crippen molar-refractivity contribution in [2.75, 3.05) is 25.0 Å². The van der Waals surface area contributed by atoms with Crippen molar-refractivity contribution in [3.8, 4) is 0 Å². The Hall–Kier alpha value is 0.790. The van der Waals surface area contributed by atoms with Crippen LogP contribution >= 0.6 is 27.7 Å². The zero-order valence-corrected chi connectivity index (χ0v) is 12.6. The van der Waals surface area contributed by atoms with Gasteiger partial charge in [-0.25, -0.2) is 0 Å². The summed E-state index contributed by atoms with van der Waals surface area (Å²) in [5.74, 6) is 0.865. The van der Waals surface area contributed by atoms with Crippen molar-refractivity contribution in [1.29, 1.82) is 0 Å². The van der Waals surface area contributed by atoms with Crippen LogP contribution in [0.3, 0.4) is 0 Å². The average molecular weight is 294 g/mol. The Balaban J connectivity index is 2.20. The Kier molecular flexibility index (Phi) is 6.63. The summed E-state index contributed by atoms with van der Waals surface area (Å²) >= 11 is 5.66. The summed E-state index contributed by atoms with van der Waals surface area (Å²) in [4.78, 5) is 2.65. The van der Waals surface area contributed by atoms with E-state index in [9.17, 15) is 0 Å². The predicted molar refractivity (Wildman–Crippen MR) is 75.1 cm³/mol. The number of hydrogen-bond acceptors (Lipinski definition) is 2. The SMILES string of the molecule is CC(CCBr)CCN1CC(C)SC(C)C1. The summed E-state index contributed by atoms with van der Waals surface area (Å²) in [6.07, 6.45) is 2.67. The third kappa shape index (κ3) is 5.60. The molecule has 1 aliphatic rings. The van der Waals surface area contributed by atoms with Crippen LogP contribution in [-0.4, -0.2) is 40.4 Å². The van der Waals surface area contributed by atoms with Crippen molar-refractivity contribution in [2.24, 2.45) is 5.92 Å². The second-order valence-corrected chi connectivity index (χ2v) is 7.56. The molecule has 0 aromatic heterocycles. The first-order valence-electron chi connectivity index (χ1n) is 6.05. The first-order chi connectivity index (χ1) is 7.11. The van der Waals surface area contributed by atoms with E-state index in [4.69, 9.17) is 0 Å². The number of rotatable bonds is 5. The molecule has 3 atom stereocenters. The van der Waals surface area contributed by atoms with Crippen LogP contribution in [0.4, 0.5) is 0 Å². The standard InChI is InChI=1S/C12H24BrNS/c1-10(4-6-13)5-7-14-8-11(2)15-12(3)9-14/h10-12H,4-9H2,1-3H3. The Morgan fingerprint density at radius 2 is 1.87 bits per heavy atom. The summed E-state index contributed by atoms with van der Waals surface area (Å²) in [6.45, 7) is 11.0. The molecule has 0 amide bonds. The average Bonchev–Trinajstić information content (AvgIpc) is 2.14. The maximum atomic E-state index is 3.52. The van der Waals surface area contributed by atoms with Crippen molar-refractivity contribution in [2.45, 2.75) is 44.1 Å². The van der Waals surface area contributed by atoms with Gasteiger partial charge in [0.15, 0.2) is 0 Å². The van der Waals surface area contributed by atoms with Gasteiger partial charge in [0, 0.05) is 28.9 Å². The third-order valence-corrected chi connectivity index (χ3v) is 4.72. The van der Waals surface area contributed by atoms with E-state index in [1.54, 1.807) is 0 Å². The molecule has 15 heavy (non-hydrogen) atoms. The summed E-state index contributed by atoms with van der Waals surface area (Å²) < 4.78 is 0. The first kappa shape index (κ1) is 13.9. The highest BCUT2D eigenvalue weighted by molar-refractivity contribution is 9.09. The monoisotopic (exact) mass is 293 g/mol. The summed E-state index contributed by atoms with van der Waals surface area (Å²) in [7, 11) is 0. The van der Waals surface area contributed by atoms with Gasteiger partial charge >= 0.3 is 0 Å². The van der Waals surface area contributed by atoms with Crippen LogP contribution < -0.4 is 0 Å². The lowest BCUT2D eigenvalue weighted by atomic mass is 10.0. The molecule has 0 aliphatic carbocycles. The lowest BCUT2D eigenvalue weighted by molar-refractivity contribution is 0.251. The molecular formula is C12H24BrNS. The maximum absolute atomic E-state index is 3.52. The Labute approximate surface area is 107 Å². The quantitative estimate of drug-likeness (QED) is 0.712. The second-order valence-electron chi connectivity index (χ2n) is 4.89. The molecule has 3 unspecified atom stereocenters. The second kappa shape index (κ2) is 7.18. The van der Waals surface area contributed by atoms with Gasteiger partial charge in [-0.1, -0.05) is 36.7 Å². The largest absolute Gasteiger partial charge is 0.301 e. The van der Waals surface area contributed by atoms with Crippen LogP contribution in [0.15, 0.2) is 0 Å². The van der Waals surface area contributed by atoms with E-state index < -0.39 is 0 Å². The number of halogens is 1. The molecule has 1 nitrogen and oxygen atoms in total. The van der Waals surface area contributed by atoms with Gasteiger partial charge in [0.05, 0.1) is 0 Å². The molecule has 1 rings (SSSR count). The fourth-order valence-electron chi connectivity index (χ4n) is 2.20. The number of nitrogens with zero attached hydrogens (tertiary/aromatic N) is 1. The van der Waals surface area contributed by atoms with E-state index in [0.29, 0.717) is 0 Å². The minimum atomic E-state index is 0.820. The number of hydrogen-bond donors (Lipinski definition) is 0. The van der Waals surface area contributed by atoms with Gasteiger partial charge in [0.1, 0.15) is 0 Å². The molecule has 1 aliphatic heterocycles. The van der Waals surface area contributed by atoms with Gasteiger partial charge in [0.2, 0.25) is 0 Å².